The molecule has 0 bridgehead atoms. The highest BCUT2D eigenvalue weighted by atomic mass is 32.1. The van der Waals surface area contributed by atoms with Crippen molar-refractivity contribution in [2.75, 3.05) is 19.0 Å². The Labute approximate surface area is 186 Å². The van der Waals surface area contributed by atoms with E-state index in [1.807, 2.05) is 18.2 Å². The van der Waals surface area contributed by atoms with Crippen molar-refractivity contribution < 1.29 is 9.47 Å². The van der Waals surface area contributed by atoms with Crippen LogP contribution in [0.5, 0.6) is 11.5 Å². The Morgan fingerprint density at radius 3 is 2.77 bits per heavy atom. The molecule has 2 heterocycles. The van der Waals surface area contributed by atoms with E-state index in [-0.39, 0.29) is 0 Å². The number of methoxy groups -OCH3 is 1. The smallest absolute Gasteiger partial charge is 0.183 e. The fourth-order valence-electron chi connectivity index (χ4n) is 3.83. The molecule has 5 rings (SSSR count). The second-order valence-corrected chi connectivity index (χ2v) is 8.66. The van der Waals surface area contributed by atoms with Gasteiger partial charge in [-0.15, -0.1) is 11.3 Å². The maximum Gasteiger partial charge on any atom is 0.183 e. The lowest BCUT2D eigenvalue weighted by Gasteiger charge is -2.05. The van der Waals surface area contributed by atoms with Gasteiger partial charge in [-0.25, -0.2) is 4.98 Å². The molecule has 0 atom stereocenters. The summed E-state index contributed by atoms with van der Waals surface area (Å²) < 4.78 is 11.1. The molecule has 0 fully saturated rings. The number of ether oxygens (including phenoxy) is 2. The standard InChI is InChI=1S/C26H24N2O2S/c1-29-22-9-5-6-18(14-22)16-24-25(21-7-3-2-4-8-21)28-26(31-24)27-17-19-10-11-20-12-13-30-23(20)15-19/h2-11,14-15H,12-13,16-17H2,1H3,(H,27,28). The van der Waals surface area contributed by atoms with Gasteiger partial charge in [-0.1, -0.05) is 54.6 Å². The molecular formula is C26H24N2O2S. The highest BCUT2D eigenvalue weighted by Gasteiger charge is 2.15. The van der Waals surface area contributed by atoms with Crippen LogP contribution in [0.1, 0.15) is 21.6 Å². The number of hydrogen-bond donors (Lipinski definition) is 1. The van der Waals surface area contributed by atoms with Crippen molar-refractivity contribution in [3.63, 3.8) is 0 Å². The van der Waals surface area contributed by atoms with Gasteiger partial charge in [-0.05, 0) is 34.9 Å². The molecule has 0 saturated heterocycles. The molecular weight excluding hydrogens is 404 g/mol. The number of nitrogens with zero attached hydrogens (tertiary/aromatic N) is 1. The van der Waals surface area contributed by atoms with Gasteiger partial charge in [0, 0.05) is 29.8 Å². The Bertz CT molecular complexity index is 1190. The fourth-order valence-corrected chi connectivity index (χ4v) is 4.85. The lowest BCUT2D eigenvalue weighted by molar-refractivity contribution is 0.356. The Kier molecular flexibility index (Phi) is 5.59. The van der Waals surface area contributed by atoms with Crippen LogP contribution in [0.15, 0.2) is 72.8 Å². The number of fused-ring (bicyclic) bond motifs is 1. The molecule has 31 heavy (non-hydrogen) atoms. The lowest BCUT2D eigenvalue weighted by Crippen LogP contribution is -1.99. The number of rotatable bonds is 7. The maximum atomic E-state index is 5.71. The van der Waals surface area contributed by atoms with Crippen LogP contribution in [-0.4, -0.2) is 18.7 Å². The monoisotopic (exact) mass is 428 g/mol. The summed E-state index contributed by atoms with van der Waals surface area (Å²) in [6, 6.07) is 25.1. The molecule has 0 spiro atoms. The van der Waals surface area contributed by atoms with Gasteiger partial charge >= 0.3 is 0 Å². The number of nitrogens with one attached hydrogen (secondary N) is 1. The summed E-state index contributed by atoms with van der Waals surface area (Å²) in [5.74, 6) is 1.89. The summed E-state index contributed by atoms with van der Waals surface area (Å²) in [5, 5.41) is 4.45. The zero-order valence-electron chi connectivity index (χ0n) is 17.4. The number of benzene rings is 3. The lowest BCUT2D eigenvalue weighted by atomic mass is 10.1. The molecule has 1 aliphatic rings. The summed E-state index contributed by atoms with van der Waals surface area (Å²) in [7, 11) is 1.70. The van der Waals surface area contributed by atoms with Gasteiger partial charge in [0.2, 0.25) is 0 Å². The summed E-state index contributed by atoms with van der Waals surface area (Å²) >= 11 is 1.71. The zero-order valence-corrected chi connectivity index (χ0v) is 18.2. The Morgan fingerprint density at radius 2 is 1.90 bits per heavy atom. The molecule has 1 aliphatic heterocycles. The SMILES string of the molecule is COc1cccc(Cc2sc(NCc3ccc4c(c3)OCC4)nc2-c2ccccc2)c1. The van der Waals surface area contributed by atoms with Crippen molar-refractivity contribution in [2.24, 2.45) is 0 Å². The van der Waals surface area contributed by atoms with Crippen LogP contribution in [0.3, 0.4) is 0 Å². The Balaban J connectivity index is 1.40. The van der Waals surface area contributed by atoms with Crippen molar-refractivity contribution in [1.82, 2.24) is 4.98 Å². The van der Waals surface area contributed by atoms with E-state index in [0.717, 1.165) is 53.9 Å². The normalized spacial score (nSPS) is 12.3. The predicted molar refractivity (Wildman–Crippen MR) is 126 cm³/mol. The van der Waals surface area contributed by atoms with E-state index in [9.17, 15) is 0 Å². The van der Waals surface area contributed by atoms with Gasteiger partial charge in [0.25, 0.3) is 0 Å². The van der Waals surface area contributed by atoms with Gasteiger partial charge in [0.05, 0.1) is 19.4 Å². The average molecular weight is 429 g/mol. The minimum atomic E-state index is 0.719. The third kappa shape index (κ3) is 4.42. The zero-order chi connectivity index (χ0) is 21.0. The van der Waals surface area contributed by atoms with E-state index >= 15 is 0 Å². The van der Waals surface area contributed by atoms with E-state index in [1.165, 1.54) is 21.6 Å². The van der Waals surface area contributed by atoms with Crippen LogP contribution < -0.4 is 14.8 Å². The second kappa shape index (κ2) is 8.82. The Hall–Kier alpha value is -3.31. The quantitative estimate of drug-likeness (QED) is 0.395. The first kappa shape index (κ1) is 19.6. The van der Waals surface area contributed by atoms with Crippen LogP contribution in [0.4, 0.5) is 5.13 Å². The maximum absolute atomic E-state index is 5.71. The Morgan fingerprint density at radius 1 is 1.00 bits per heavy atom. The number of hydrogen-bond acceptors (Lipinski definition) is 5. The molecule has 4 aromatic rings. The summed E-state index contributed by atoms with van der Waals surface area (Å²) in [4.78, 5) is 6.19. The number of aromatic nitrogens is 1. The predicted octanol–water partition coefficient (Wildman–Crippen LogP) is 5.96. The molecule has 0 aliphatic carbocycles. The third-order valence-electron chi connectivity index (χ3n) is 5.45. The van der Waals surface area contributed by atoms with Gasteiger partial charge in [-0.2, -0.15) is 0 Å². The summed E-state index contributed by atoms with van der Waals surface area (Å²) in [6.07, 6.45) is 1.82. The molecule has 1 N–H and O–H groups in total. The largest absolute Gasteiger partial charge is 0.497 e. The van der Waals surface area contributed by atoms with Crippen LogP contribution in [0.25, 0.3) is 11.3 Å². The van der Waals surface area contributed by atoms with Gasteiger partial charge < -0.3 is 14.8 Å². The highest BCUT2D eigenvalue weighted by molar-refractivity contribution is 7.16. The van der Waals surface area contributed by atoms with Gasteiger partial charge in [-0.3, -0.25) is 0 Å². The highest BCUT2D eigenvalue weighted by Crippen LogP contribution is 2.34. The van der Waals surface area contributed by atoms with E-state index in [0.29, 0.717) is 0 Å². The average Bonchev–Trinajstić information content (AvgIpc) is 3.45. The first-order valence-corrected chi connectivity index (χ1v) is 11.3. The van der Waals surface area contributed by atoms with Crippen molar-refractivity contribution in [2.45, 2.75) is 19.4 Å². The minimum Gasteiger partial charge on any atom is -0.497 e. The first-order valence-electron chi connectivity index (χ1n) is 10.4. The summed E-state index contributed by atoms with van der Waals surface area (Å²) in [6.45, 7) is 1.50. The van der Waals surface area contributed by atoms with E-state index in [2.05, 4.69) is 59.9 Å². The van der Waals surface area contributed by atoms with Crippen molar-refractivity contribution in [3.05, 3.63) is 94.4 Å². The second-order valence-electron chi connectivity index (χ2n) is 7.58. The summed E-state index contributed by atoms with van der Waals surface area (Å²) in [5.41, 5.74) is 5.88. The molecule has 4 nitrogen and oxygen atoms in total. The van der Waals surface area contributed by atoms with Crippen molar-refractivity contribution in [3.8, 4) is 22.8 Å². The van der Waals surface area contributed by atoms with Crippen LogP contribution in [0, 0.1) is 0 Å². The molecule has 3 aromatic carbocycles. The molecule has 5 heteroatoms. The minimum absolute atomic E-state index is 0.719. The molecule has 156 valence electrons. The number of thiazole rings is 1. The van der Waals surface area contributed by atoms with Crippen LogP contribution >= 0.6 is 11.3 Å². The van der Waals surface area contributed by atoms with E-state index in [1.54, 1.807) is 18.4 Å². The molecule has 0 amide bonds. The van der Waals surface area contributed by atoms with E-state index in [4.69, 9.17) is 14.5 Å². The van der Waals surface area contributed by atoms with Gasteiger partial charge in [0.1, 0.15) is 11.5 Å². The first-order chi connectivity index (χ1) is 15.3. The van der Waals surface area contributed by atoms with Crippen LogP contribution in [-0.2, 0) is 19.4 Å². The van der Waals surface area contributed by atoms with E-state index < -0.39 is 0 Å². The van der Waals surface area contributed by atoms with Crippen LogP contribution in [0.2, 0.25) is 0 Å². The number of anilines is 1. The fraction of sp³-hybridized carbons (Fsp3) is 0.192. The van der Waals surface area contributed by atoms with Crippen molar-refractivity contribution in [1.29, 1.82) is 0 Å². The molecule has 1 aromatic heterocycles. The third-order valence-corrected chi connectivity index (χ3v) is 6.46. The topological polar surface area (TPSA) is 43.4 Å². The molecule has 0 saturated carbocycles. The van der Waals surface area contributed by atoms with Crippen molar-refractivity contribution >= 4 is 16.5 Å². The molecule has 0 unspecified atom stereocenters. The molecule has 0 radical (unpaired) electrons. The van der Waals surface area contributed by atoms with Gasteiger partial charge in [0.15, 0.2) is 5.13 Å².